The smallest absolute Gasteiger partial charge is 0.326 e. The zero-order valence-electron chi connectivity index (χ0n) is 14.3. The van der Waals surface area contributed by atoms with E-state index in [-0.39, 0.29) is 24.3 Å². The molecule has 0 heterocycles. The molecule has 0 aromatic rings. The maximum Gasteiger partial charge on any atom is 0.326 e. The van der Waals surface area contributed by atoms with Crippen molar-refractivity contribution in [2.75, 3.05) is 13.6 Å². The van der Waals surface area contributed by atoms with E-state index in [0.29, 0.717) is 11.8 Å². The fourth-order valence-corrected chi connectivity index (χ4v) is 5.23. The molecule has 4 saturated carbocycles. The maximum absolute atomic E-state index is 12.9. The molecule has 0 saturated heterocycles. The molecule has 1 amide bonds. The molecular formula is C18H29NO3. The van der Waals surface area contributed by atoms with Crippen LogP contribution >= 0.6 is 0 Å². The quantitative estimate of drug-likeness (QED) is 0.753. The molecule has 0 unspecified atom stereocenters. The van der Waals surface area contributed by atoms with Crippen LogP contribution in [0.1, 0.15) is 52.9 Å². The van der Waals surface area contributed by atoms with Crippen molar-refractivity contribution in [3.8, 4) is 0 Å². The van der Waals surface area contributed by atoms with Crippen LogP contribution < -0.4 is 0 Å². The largest absolute Gasteiger partial charge is 0.459 e. The number of nitrogens with zero attached hydrogens (tertiary/aromatic N) is 1. The van der Waals surface area contributed by atoms with Gasteiger partial charge in [0.1, 0.15) is 12.1 Å². The molecule has 0 spiro atoms. The Labute approximate surface area is 133 Å². The zero-order chi connectivity index (χ0) is 16.1. The van der Waals surface area contributed by atoms with Gasteiger partial charge in [0, 0.05) is 13.0 Å². The van der Waals surface area contributed by atoms with E-state index in [9.17, 15) is 9.59 Å². The van der Waals surface area contributed by atoms with E-state index >= 15 is 0 Å². The molecule has 124 valence electrons. The molecule has 22 heavy (non-hydrogen) atoms. The van der Waals surface area contributed by atoms with Crippen LogP contribution in [0.3, 0.4) is 0 Å². The summed E-state index contributed by atoms with van der Waals surface area (Å²) in [4.78, 5) is 26.4. The second kappa shape index (κ2) is 5.54. The average Bonchev–Trinajstić information content (AvgIpc) is 2.34. The molecule has 4 fully saturated rings. The van der Waals surface area contributed by atoms with Gasteiger partial charge in [0.15, 0.2) is 0 Å². The Bertz CT molecular complexity index is 437. The zero-order valence-corrected chi connectivity index (χ0v) is 14.3. The van der Waals surface area contributed by atoms with Gasteiger partial charge in [0.25, 0.3) is 0 Å². The van der Waals surface area contributed by atoms with Gasteiger partial charge in [-0.1, -0.05) is 0 Å². The molecule has 0 radical (unpaired) electrons. The molecule has 4 aliphatic rings. The second-order valence-corrected chi connectivity index (χ2v) is 8.74. The van der Waals surface area contributed by atoms with Crippen LogP contribution in [0.2, 0.25) is 0 Å². The molecule has 0 aromatic heterocycles. The van der Waals surface area contributed by atoms with Crippen molar-refractivity contribution in [3.05, 3.63) is 0 Å². The summed E-state index contributed by atoms with van der Waals surface area (Å²) in [6, 6.07) is 0. The van der Waals surface area contributed by atoms with Crippen molar-refractivity contribution in [2.45, 2.75) is 58.5 Å². The number of hydrogen-bond acceptors (Lipinski definition) is 3. The van der Waals surface area contributed by atoms with Gasteiger partial charge in [-0.25, -0.2) is 0 Å². The van der Waals surface area contributed by atoms with E-state index in [1.807, 2.05) is 20.8 Å². The highest BCUT2D eigenvalue weighted by Gasteiger charge is 2.51. The molecule has 4 bridgehead atoms. The van der Waals surface area contributed by atoms with Crippen LogP contribution in [0.4, 0.5) is 0 Å². The van der Waals surface area contributed by atoms with Crippen molar-refractivity contribution in [3.63, 3.8) is 0 Å². The van der Waals surface area contributed by atoms with E-state index in [1.165, 1.54) is 32.1 Å². The number of amides is 1. The number of hydrogen-bond donors (Lipinski definition) is 0. The van der Waals surface area contributed by atoms with Crippen LogP contribution in [0.15, 0.2) is 0 Å². The molecule has 4 rings (SSSR count). The van der Waals surface area contributed by atoms with Crippen LogP contribution in [0.5, 0.6) is 0 Å². The minimum Gasteiger partial charge on any atom is -0.459 e. The summed E-state index contributed by atoms with van der Waals surface area (Å²) in [6.45, 7) is 5.62. The summed E-state index contributed by atoms with van der Waals surface area (Å²) < 4.78 is 5.33. The van der Waals surface area contributed by atoms with Crippen LogP contribution in [0.25, 0.3) is 0 Å². The van der Waals surface area contributed by atoms with Crippen molar-refractivity contribution in [1.29, 1.82) is 0 Å². The summed E-state index contributed by atoms with van der Waals surface area (Å²) in [5.41, 5.74) is -0.496. The standard InChI is InChI=1S/C18H29NO3/c1-18(2,3)22-15(20)10-19(4)17(21)16-13-6-11-5-12(8-13)9-14(16)7-11/h11-14,16H,5-10H2,1-4H3. The Morgan fingerprint density at radius 3 is 1.95 bits per heavy atom. The van der Waals surface area contributed by atoms with Crippen molar-refractivity contribution in [1.82, 2.24) is 4.90 Å². The fourth-order valence-electron chi connectivity index (χ4n) is 5.23. The highest BCUT2D eigenvalue weighted by molar-refractivity contribution is 5.84. The second-order valence-electron chi connectivity index (χ2n) is 8.74. The van der Waals surface area contributed by atoms with Crippen LogP contribution in [0, 0.1) is 29.6 Å². The Hall–Kier alpha value is -1.06. The van der Waals surface area contributed by atoms with E-state index in [4.69, 9.17) is 4.74 Å². The first-order valence-corrected chi connectivity index (χ1v) is 8.69. The molecule has 4 aliphatic carbocycles. The topological polar surface area (TPSA) is 46.6 Å². The Morgan fingerprint density at radius 2 is 1.50 bits per heavy atom. The van der Waals surface area contributed by atoms with Crippen molar-refractivity contribution < 1.29 is 14.3 Å². The maximum atomic E-state index is 12.9. The fraction of sp³-hybridized carbons (Fsp3) is 0.889. The summed E-state index contributed by atoms with van der Waals surface area (Å²) in [6.07, 6.45) is 6.29. The third-order valence-electron chi connectivity index (χ3n) is 5.67. The van der Waals surface area contributed by atoms with E-state index in [0.717, 1.165) is 11.8 Å². The van der Waals surface area contributed by atoms with Gasteiger partial charge < -0.3 is 9.64 Å². The molecule has 4 nitrogen and oxygen atoms in total. The average molecular weight is 307 g/mol. The van der Waals surface area contributed by atoms with Gasteiger partial charge in [0.2, 0.25) is 5.91 Å². The molecule has 0 aromatic carbocycles. The molecule has 4 heteroatoms. The predicted molar refractivity (Wildman–Crippen MR) is 84.0 cm³/mol. The number of carbonyl (C=O) groups is 2. The van der Waals surface area contributed by atoms with E-state index in [2.05, 4.69) is 0 Å². The molecule has 0 aliphatic heterocycles. The van der Waals surface area contributed by atoms with Gasteiger partial charge in [-0.05, 0) is 76.5 Å². The van der Waals surface area contributed by atoms with E-state index < -0.39 is 5.60 Å². The summed E-state index contributed by atoms with van der Waals surface area (Å²) in [7, 11) is 1.75. The first-order valence-electron chi connectivity index (χ1n) is 8.69. The molecule has 0 atom stereocenters. The Morgan fingerprint density at radius 1 is 1.00 bits per heavy atom. The van der Waals surface area contributed by atoms with Crippen molar-refractivity contribution in [2.24, 2.45) is 29.6 Å². The summed E-state index contributed by atoms with van der Waals surface area (Å²) >= 11 is 0. The third kappa shape index (κ3) is 3.16. The summed E-state index contributed by atoms with van der Waals surface area (Å²) in [5, 5.41) is 0. The normalized spacial score (nSPS) is 36.3. The number of carbonyl (C=O) groups excluding carboxylic acids is 2. The lowest BCUT2D eigenvalue weighted by Gasteiger charge is -2.54. The van der Waals surface area contributed by atoms with Crippen molar-refractivity contribution >= 4 is 11.9 Å². The SMILES string of the molecule is CN(CC(=O)OC(C)(C)C)C(=O)C1C2CC3CC(C2)CC1C3. The predicted octanol–water partition coefficient (Wildman–Crippen LogP) is 2.86. The monoisotopic (exact) mass is 307 g/mol. The third-order valence-corrected chi connectivity index (χ3v) is 5.67. The minimum atomic E-state index is -0.496. The number of rotatable bonds is 3. The van der Waals surface area contributed by atoms with Gasteiger partial charge in [-0.15, -0.1) is 0 Å². The number of ether oxygens (including phenoxy) is 1. The lowest BCUT2D eigenvalue weighted by atomic mass is 9.51. The first-order chi connectivity index (χ1) is 10.2. The minimum absolute atomic E-state index is 0.0684. The highest BCUT2D eigenvalue weighted by Crippen LogP contribution is 2.56. The summed E-state index contributed by atoms with van der Waals surface area (Å²) in [5.74, 6) is 2.85. The van der Waals surface area contributed by atoms with Crippen LogP contribution in [-0.2, 0) is 14.3 Å². The first kappa shape index (κ1) is 15.8. The lowest BCUT2D eigenvalue weighted by Crippen LogP contribution is -2.52. The number of esters is 1. The Balaban J connectivity index is 1.60. The Kier molecular flexibility index (Phi) is 3.98. The molecule has 0 N–H and O–H groups in total. The lowest BCUT2D eigenvalue weighted by molar-refractivity contribution is -0.162. The van der Waals surface area contributed by atoms with Gasteiger partial charge in [-0.2, -0.15) is 0 Å². The molecular weight excluding hydrogens is 278 g/mol. The highest BCUT2D eigenvalue weighted by atomic mass is 16.6. The van der Waals surface area contributed by atoms with E-state index in [1.54, 1.807) is 11.9 Å². The van der Waals surface area contributed by atoms with Gasteiger partial charge >= 0.3 is 5.97 Å². The van der Waals surface area contributed by atoms with Crippen LogP contribution in [-0.4, -0.2) is 36.0 Å². The van der Waals surface area contributed by atoms with Gasteiger partial charge in [-0.3, -0.25) is 9.59 Å². The van der Waals surface area contributed by atoms with Gasteiger partial charge in [0.05, 0.1) is 0 Å². The number of likely N-dealkylation sites (N-methyl/N-ethyl adjacent to an activating group) is 1.